The van der Waals surface area contributed by atoms with E-state index in [4.69, 9.17) is 19.6 Å². The topological polar surface area (TPSA) is 125 Å². The summed E-state index contributed by atoms with van der Waals surface area (Å²) < 4.78 is 16.2. The first-order valence-corrected chi connectivity index (χ1v) is 9.10. The zero-order valence-electron chi connectivity index (χ0n) is 16.4. The van der Waals surface area contributed by atoms with Crippen LogP contribution in [0, 0.1) is 6.92 Å². The number of furan rings is 1. The number of nitrogens with two attached hydrogens (primary N) is 1. The summed E-state index contributed by atoms with van der Waals surface area (Å²) in [6.07, 6.45) is 0. The summed E-state index contributed by atoms with van der Waals surface area (Å²) in [6, 6.07) is 14.7. The zero-order chi connectivity index (χ0) is 21.1. The summed E-state index contributed by atoms with van der Waals surface area (Å²) in [5.41, 5.74) is 7.78. The number of carbonyl (C=O) groups excluding carboxylic acids is 1. The van der Waals surface area contributed by atoms with Crippen molar-refractivity contribution < 1.29 is 18.7 Å². The molecule has 30 heavy (non-hydrogen) atoms. The Morgan fingerprint density at radius 1 is 1.13 bits per heavy atom. The molecule has 0 saturated carbocycles. The standard InChI is InChI=1S/C21H19N5O4/c1-12-15-10-14(28-2)8-9-16(15)30-18(12)19(27)29-11-17-24-20(22)26-21(25-17)23-13-6-4-3-5-7-13/h3-10H,11H2,1-2H3,(H3,22,23,24,25,26). The SMILES string of the molecule is COc1ccc2oc(C(=O)OCc3nc(N)nc(Nc4ccccc4)n3)c(C)c2c1. The van der Waals surface area contributed by atoms with Gasteiger partial charge in [-0.25, -0.2) is 4.79 Å². The first-order valence-electron chi connectivity index (χ1n) is 9.10. The minimum atomic E-state index is -0.626. The van der Waals surface area contributed by atoms with E-state index in [1.807, 2.05) is 30.3 Å². The summed E-state index contributed by atoms with van der Waals surface area (Å²) >= 11 is 0. The lowest BCUT2D eigenvalue weighted by Crippen LogP contribution is -2.11. The Morgan fingerprint density at radius 3 is 2.70 bits per heavy atom. The summed E-state index contributed by atoms with van der Waals surface area (Å²) in [5, 5.41) is 3.81. The predicted octanol–water partition coefficient (Wildman–Crippen LogP) is 3.62. The highest BCUT2D eigenvalue weighted by molar-refractivity contribution is 5.96. The molecule has 9 heteroatoms. The fourth-order valence-electron chi connectivity index (χ4n) is 2.93. The van der Waals surface area contributed by atoms with E-state index >= 15 is 0 Å². The van der Waals surface area contributed by atoms with E-state index in [0.717, 1.165) is 11.1 Å². The largest absolute Gasteiger partial charge is 0.497 e. The van der Waals surface area contributed by atoms with E-state index in [0.29, 0.717) is 16.9 Å². The maximum Gasteiger partial charge on any atom is 0.375 e. The molecule has 4 aromatic rings. The number of anilines is 3. The van der Waals surface area contributed by atoms with Crippen LogP contribution >= 0.6 is 0 Å². The van der Waals surface area contributed by atoms with E-state index < -0.39 is 5.97 Å². The lowest BCUT2D eigenvalue weighted by molar-refractivity contribution is 0.0427. The van der Waals surface area contributed by atoms with Crippen molar-refractivity contribution in [2.24, 2.45) is 0 Å². The van der Waals surface area contributed by atoms with Crippen molar-refractivity contribution in [2.45, 2.75) is 13.5 Å². The summed E-state index contributed by atoms with van der Waals surface area (Å²) in [4.78, 5) is 24.9. The second kappa shape index (κ2) is 8.08. The molecule has 2 heterocycles. The quantitative estimate of drug-likeness (QED) is 0.463. The normalized spacial score (nSPS) is 10.7. The van der Waals surface area contributed by atoms with Crippen LogP contribution in [0.2, 0.25) is 0 Å². The minimum Gasteiger partial charge on any atom is -0.497 e. The van der Waals surface area contributed by atoms with Gasteiger partial charge in [0.2, 0.25) is 17.7 Å². The molecule has 0 fully saturated rings. The van der Waals surface area contributed by atoms with Crippen LogP contribution in [-0.2, 0) is 11.3 Å². The molecule has 9 nitrogen and oxygen atoms in total. The summed E-state index contributed by atoms with van der Waals surface area (Å²) in [6.45, 7) is 1.60. The van der Waals surface area contributed by atoms with Gasteiger partial charge in [-0.2, -0.15) is 15.0 Å². The van der Waals surface area contributed by atoms with Gasteiger partial charge in [-0.1, -0.05) is 18.2 Å². The smallest absolute Gasteiger partial charge is 0.375 e. The third kappa shape index (κ3) is 4.00. The first-order chi connectivity index (χ1) is 14.5. The predicted molar refractivity (Wildman–Crippen MR) is 111 cm³/mol. The molecule has 0 saturated heterocycles. The third-order valence-electron chi connectivity index (χ3n) is 4.39. The maximum absolute atomic E-state index is 12.6. The van der Waals surface area contributed by atoms with Crippen molar-refractivity contribution in [1.82, 2.24) is 15.0 Å². The number of hydrogen-bond acceptors (Lipinski definition) is 9. The van der Waals surface area contributed by atoms with Gasteiger partial charge in [0.1, 0.15) is 11.3 Å². The fourth-order valence-corrected chi connectivity index (χ4v) is 2.93. The van der Waals surface area contributed by atoms with Crippen LogP contribution in [0.25, 0.3) is 11.0 Å². The number of nitrogen functional groups attached to an aromatic ring is 1. The monoisotopic (exact) mass is 405 g/mol. The number of methoxy groups -OCH3 is 1. The second-order valence-corrected chi connectivity index (χ2v) is 6.42. The minimum absolute atomic E-state index is 0.0153. The highest BCUT2D eigenvalue weighted by Gasteiger charge is 2.20. The van der Waals surface area contributed by atoms with Crippen LogP contribution in [0.1, 0.15) is 21.9 Å². The third-order valence-corrected chi connectivity index (χ3v) is 4.39. The molecule has 0 aliphatic carbocycles. The molecule has 2 aromatic heterocycles. The first kappa shape index (κ1) is 19.2. The molecule has 2 aromatic carbocycles. The molecule has 0 radical (unpaired) electrons. The van der Waals surface area contributed by atoms with Crippen molar-refractivity contribution in [3.63, 3.8) is 0 Å². The number of esters is 1. The highest BCUT2D eigenvalue weighted by atomic mass is 16.5. The van der Waals surface area contributed by atoms with Gasteiger partial charge in [0.05, 0.1) is 7.11 Å². The van der Waals surface area contributed by atoms with Gasteiger partial charge in [-0.15, -0.1) is 0 Å². The Balaban J connectivity index is 1.50. The van der Waals surface area contributed by atoms with Crippen LogP contribution in [0.4, 0.5) is 17.6 Å². The van der Waals surface area contributed by atoms with Crippen LogP contribution in [0.5, 0.6) is 5.75 Å². The van der Waals surface area contributed by atoms with Gasteiger partial charge in [0.25, 0.3) is 0 Å². The molecule has 0 spiro atoms. The van der Waals surface area contributed by atoms with Crippen molar-refractivity contribution in [3.05, 3.63) is 65.7 Å². The average molecular weight is 405 g/mol. The van der Waals surface area contributed by atoms with E-state index in [1.54, 1.807) is 32.2 Å². The molecule has 0 unspecified atom stereocenters. The Morgan fingerprint density at radius 2 is 1.93 bits per heavy atom. The van der Waals surface area contributed by atoms with Gasteiger partial charge in [0, 0.05) is 16.6 Å². The maximum atomic E-state index is 12.6. The Labute approximate surface area is 171 Å². The lowest BCUT2D eigenvalue weighted by atomic mass is 10.1. The van der Waals surface area contributed by atoms with Gasteiger partial charge in [0.15, 0.2) is 12.4 Å². The van der Waals surface area contributed by atoms with E-state index in [-0.39, 0.29) is 30.1 Å². The van der Waals surface area contributed by atoms with Gasteiger partial charge < -0.3 is 24.9 Å². The molecule has 4 rings (SSSR count). The van der Waals surface area contributed by atoms with Crippen molar-refractivity contribution in [2.75, 3.05) is 18.2 Å². The van der Waals surface area contributed by atoms with Crippen LogP contribution in [0.15, 0.2) is 52.9 Å². The summed E-state index contributed by atoms with van der Waals surface area (Å²) in [7, 11) is 1.58. The number of rotatable bonds is 6. The van der Waals surface area contributed by atoms with Crippen LogP contribution in [-0.4, -0.2) is 28.0 Å². The fraction of sp³-hybridized carbons (Fsp3) is 0.143. The van der Waals surface area contributed by atoms with Gasteiger partial charge in [-0.05, 0) is 37.3 Å². The number of nitrogens with zero attached hydrogens (tertiary/aromatic N) is 3. The molecular formula is C21H19N5O4. The number of para-hydroxylation sites is 1. The molecule has 152 valence electrons. The Bertz CT molecular complexity index is 1210. The van der Waals surface area contributed by atoms with E-state index in [1.165, 1.54) is 0 Å². The van der Waals surface area contributed by atoms with Gasteiger partial charge >= 0.3 is 5.97 Å². The van der Waals surface area contributed by atoms with E-state index in [9.17, 15) is 4.79 Å². The molecule has 0 bridgehead atoms. The van der Waals surface area contributed by atoms with Crippen LogP contribution < -0.4 is 15.8 Å². The second-order valence-electron chi connectivity index (χ2n) is 6.42. The average Bonchev–Trinajstić information content (AvgIpc) is 3.08. The number of carbonyl (C=O) groups is 1. The molecule has 0 aliphatic heterocycles. The molecule has 3 N–H and O–H groups in total. The lowest BCUT2D eigenvalue weighted by Gasteiger charge is -2.07. The molecular weight excluding hydrogens is 386 g/mol. The van der Waals surface area contributed by atoms with Crippen molar-refractivity contribution in [1.29, 1.82) is 0 Å². The Kier molecular flexibility index (Phi) is 5.17. The molecule has 0 atom stereocenters. The van der Waals surface area contributed by atoms with Gasteiger partial charge in [-0.3, -0.25) is 0 Å². The zero-order valence-corrected chi connectivity index (χ0v) is 16.4. The number of aromatic nitrogens is 3. The van der Waals surface area contributed by atoms with Crippen molar-refractivity contribution >= 4 is 34.5 Å². The number of fused-ring (bicyclic) bond motifs is 1. The molecule has 0 aliphatic rings. The van der Waals surface area contributed by atoms with E-state index in [2.05, 4.69) is 20.3 Å². The number of aryl methyl sites for hydroxylation is 1. The highest BCUT2D eigenvalue weighted by Crippen LogP contribution is 2.29. The number of nitrogens with one attached hydrogen (secondary N) is 1. The number of ether oxygens (including phenoxy) is 2. The Hall–Kier alpha value is -4.14. The van der Waals surface area contributed by atoms with Crippen molar-refractivity contribution in [3.8, 4) is 5.75 Å². The van der Waals surface area contributed by atoms with Crippen LogP contribution in [0.3, 0.4) is 0 Å². The number of benzene rings is 2. The molecule has 0 amide bonds. The summed E-state index contributed by atoms with van der Waals surface area (Å²) in [5.74, 6) is 0.644. The number of hydrogen-bond donors (Lipinski definition) is 2.